The number of hydrogen-bond acceptors (Lipinski definition) is 5. The molecule has 0 saturated carbocycles. The molecule has 0 aliphatic heterocycles. The lowest BCUT2D eigenvalue weighted by atomic mass is 10.1. The fourth-order valence-electron chi connectivity index (χ4n) is 3.88. The molecule has 0 fully saturated rings. The number of rotatable bonds is 8. The van der Waals surface area contributed by atoms with E-state index in [1.807, 2.05) is 19.1 Å². The Balaban J connectivity index is 1.47. The lowest BCUT2D eigenvalue weighted by Gasteiger charge is -2.18. The zero-order valence-electron chi connectivity index (χ0n) is 20.3. The number of carboxylic acid groups (broad SMARTS) is 1. The summed E-state index contributed by atoms with van der Waals surface area (Å²) in [7, 11) is -4.00. The Kier molecular flexibility index (Phi) is 7.54. The number of anilines is 1. The van der Waals surface area contributed by atoms with Crippen molar-refractivity contribution in [3.8, 4) is 11.1 Å². The first-order valence-electron chi connectivity index (χ1n) is 11.4. The third kappa shape index (κ3) is 5.76. The number of furan rings is 1. The van der Waals surface area contributed by atoms with Crippen molar-refractivity contribution in [1.82, 2.24) is 4.72 Å². The van der Waals surface area contributed by atoms with Crippen LogP contribution in [0.25, 0.3) is 22.1 Å². The number of carbonyl (C=O) groups is 2. The Bertz CT molecular complexity index is 1580. The van der Waals surface area contributed by atoms with Crippen LogP contribution in [0, 0.1) is 12.8 Å². The molecule has 0 aliphatic rings. The maximum atomic E-state index is 12.8. The van der Waals surface area contributed by atoms with Gasteiger partial charge in [0.15, 0.2) is 5.76 Å². The summed E-state index contributed by atoms with van der Waals surface area (Å²) in [6.07, 6.45) is 0. The number of carbonyl (C=O) groups excluding carboxylic acids is 1. The highest BCUT2D eigenvalue weighted by atomic mass is 79.9. The number of carboxylic acids is 1. The van der Waals surface area contributed by atoms with E-state index in [9.17, 15) is 23.1 Å². The topological polar surface area (TPSA) is 126 Å². The maximum Gasteiger partial charge on any atom is 0.322 e. The van der Waals surface area contributed by atoms with Gasteiger partial charge in [0, 0.05) is 21.1 Å². The summed E-state index contributed by atoms with van der Waals surface area (Å²) in [5.74, 6) is -1.76. The van der Waals surface area contributed by atoms with E-state index in [-0.39, 0.29) is 16.6 Å². The number of hydrogen-bond donors (Lipinski definition) is 3. The number of aryl methyl sites for hydroxylation is 1. The van der Waals surface area contributed by atoms with Gasteiger partial charge in [-0.2, -0.15) is 4.72 Å². The zero-order valence-corrected chi connectivity index (χ0v) is 22.7. The molecule has 0 spiro atoms. The average molecular weight is 585 g/mol. The van der Waals surface area contributed by atoms with Crippen molar-refractivity contribution in [1.29, 1.82) is 0 Å². The molecule has 4 rings (SSSR count). The van der Waals surface area contributed by atoms with Crippen LogP contribution in [0.2, 0.25) is 0 Å². The molecule has 1 atom stereocenters. The Morgan fingerprint density at radius 1 is 0.946 bits per heavy atom. The summed E-state index contributed by atoms with van der Waals surface area (Å²) in [5, 5.41) is 13.0. The van der Waals surface area contributed by atoms with E-state index in [4.69, 9.17) is 4.42 Å². The number of fused-ring (bicyclic) bond motifs is 1. The molecule has 4 aromatic rings. The van der Waals surface area contributed by atoms with Crippen molar-refractivity contribution in [2.24, 2.45) is 5.92 Å². The molecule has 1 heterocycles. The number of aliphatic carboxylic acids is 1. The van der Waals surface area contributed by atoms with Crippen molar-refractivity contribution in [2.45, 2.75) is 31.7 Å². The van der Waals surface area contributed by atoms with Gasteiger partial charge in [-0.05, 0) is 66.4 Å². The zero-order chi connectivity index (χ0) is 26.9. The van der Waals surface area contributed by atoms with Gasteiger partial charge in [0.1, 0.15) is 11.6 Å². The summed E-state index contributed by atoms with van der Waals surface area (Å²) in [4.78, 5) is 24.2. The summed E-state index contributed by atoms with van der Waals surface area (Å²) in [5.41, 5.74) is 3.52. The quantitative estimate of drug-likeness (QED) is 0.240. The van der Waals surface area contributed by atoms with E-state index in [0.717, 1.165) is 26.5 Å². The first-order valence-corrected chi connectivity index (χ1v) is 13.7. The highest BCUT2D eigenvalue weighted by Gasteiger charge is 2.28. The van der Waals surface area contributed by atoms with Gasteiger partial charge in [0.2, 0.25) is 10.0 Å². The maximum absolute atomic E-state index is 12.8. The van der Waals surface area contributed by atoms with Crippen molar-refractivity contribution in [2.75, 3.05) is 5.32 Å². The summed E-state index contributed by atoms with van der Waals surface area (Å²) in [6, 6.07) is 17.6. The molecule has 1 amide bonds. The molecule has 10 heteroatoms. The number of halogens is 1. The molecule has 3 aromatic carbocycles. The fourth-order valence-corrected chi connectivity index (χ4v) is 5.58. The standard InChI is InChI=1S/C27H25BrN2O6S/c1-15(2)24(27(32)33)30-37(34,35)21-11-6-18(7-12-21)17-4-9-20(10-5-17)29-26(31)25-16(3)22-14-19(28)8-13-23(22)36-25/h4-15,24,30H,1-3H3,(H,29,31)(H,32,33). The van der Waals surface area contributed by atoms with Gasteiger partial charge in [0.25, 0.3) is 5.91 Å². The van der Waals surface area contributed by atoms with Crippen LogP contribution in [-0.2, 0) is 14.8 Å². The van der Waals surface area contributed by atoms with Gasteiger partial charge in [0.05, 0.1) is 4.90 Å². The molecular weight excluding hydrogens is 560 g/mol. The second-order valence-corrected chi connectivity index (χ2v) is 11.6. The van der Waals surface area contributed by atoms with Crippen LogP contribution >= 0.6 is 15.9 Å². The molecule has 0 radical (unpaired) electrons. The van der Waals surface area contributed by atoms with Gasteiger partial charge in [-0.3, -0.25) is 9.59 Å². The lowest BCUT2D eigenvalue weighted by Crippen LogP contribution is -2.44. The molecule has 8 nitrogen and oxygen atoms in total. The molecule has 192 valence electrons. The van der Waals surface area contributed by atoms with Gasteiger partial charge in [-0.1, -0.05) is 54.0 Å². The van der Waals surface area contributed by atoms with E-state index in [1.54, 1.807) is 56.3 Å². The summed E-state index contributed by atoms with van der Waals surface area (Å²) < 4.78 is 34.2. The molecule has 1 aromatic heterocycles. The van der Waals surface area contributed by atoms with E-state index in [0.29, 0.717) is 11.3 Å². The van der Waals surface area contributed by atoms with Crippen LogP contribution in [0.1, 0.15) is 30.0 Å². The number of nitrogens with one attached hydrogen (secondary N) is 2. The second-order valence-electron chi connectivity index (χ2n) is 8.93. The van der Waals surface area contributed by atoms with Gasteiger partial charge >= 0.3 is 5.97 Å². The third-order valence-corrected chi connectivity index (χ3v) is 7.91. The van der Waals surface area contributed by atoms with Crippen molar-refractivity contribution < 1.29 is 27.5 Å². The monoisotopic (exact) mass is 584 g/mol. The van der Waals surface area contributed by atoms with E-state index in [2.05, 4.69) is 26.0 Å². The van der Waals surface area contributed by atoms with E-state index >= 15 is 0 Å². The van der Waals surface area contributed by atoms with Crippen LogP contribution in [-0.4, -0.2) is 31.4 Å². The van der Waals surface area contributed by atoms with Crippen LogP contribution in [0.3, 0.4) is 0 Å². The van der Waals surface area contributed by atoms with Gasteiger partial charge < -0.3 is 14.8 Å². The first kappa shape index (κ1) is 26.6. The normalized spacial score (nSPS) is 12.6. The smallest absolute Gasteiger partial charge is 0.322 e. The molecule has 0 aliphatic carbocycles. The molecule has 1 unspecified atom stereocenters. The molecule has 0 bridgehead atoms. The number of sulfonamides is 1. The van der Waals surface area contributed by atoms with Gasteiger partial charge in [-0.25, -0.2) is 8.42 Å². The Labute approximate surface area is 222 Å². The van der Waals surface area contributed by atoms with E-state index < -0.39 is 28.0 Å². The summed E-state index contributed by atoms with van der Waals surface area (Å²) in [6.45, 7) is 5.10. The second kappa shape index (κ2) is 10.5. The highest BCUT2D eigenvalue weighted by molar-refractivity contribution is 9.10. The Morgan fingerprint density at radius 2 is 1.54 bits per heavy atom. The van der Waals surface area contributed by atoms with Crippen LogP contribution in [0.4, 0.5) is 5.69 Å². The van der Waals surface area contributed by atoms with Crippen molar-refractivity contribution in [3.05, 3.63) is 82.5 Å². The Morgan fingerprint density at radius 3 is 2.11 bits per heavy atom. The summed E-state index contributed by atoms with van der Waals surface area (Å²) >= 11 is 3.43. The van der Waals surface area contributed by atoms with Crippen LogP contribution < -0.4 is 10.0 Å². The van der Waals surface area contributed by atoms with Crippen molar-refractivity contribution >= 4 is 54.5 Å². The molecule has 37 heavy (non-hydrogen) atoms. The predicted octanol–water partition coefficient (Wildman–Crippen LogP) is 5.81. The minimum absolute atomic E-state index is 0.0275. The SMILES string of the molecule is Cc1c(C(=O)Nc2ccc(-c3ccc(S(=O)(=O)NC(C(=O)O)C(C)C)cc3)cc2)oc2ccc(Br)cc12. The highest BCUT2D eigenvalue weighted by Crippen LogP contribution is 2.29. The molecule has 0 saturated heterocycles. The lowest BCUT2D eigenvalue weighted by molar-refractivity contribution is -0.140. The average Bonchev–Trinajstić information content (AvgIpc) is 3.18. The van der Waals surface area contributed by atoms with Gasteiger partial charge in [-0.15, -0.1) is 0 Å². The number of benzene rings is 3. The van der Waals surface area contributed by atoms with Crippen LogP contribution in [0.5, 0.6) is 0 Å². The molecular formula is C27H25BrN2O6S. The van der Waals surface area contributed by atoms with E-state index in [1.165, 1.54) is 12.1 Å². The van der Waals surface area contributed by atoms with Crippen LogP contribution in [0.15, 0.2) is 80.5 Å². The third-order valence-electron chi connectivity index (χ3n) is 5.96. The number of amides is 1. The minimum atomic E-state index is -4.00. The largest absolute Gasteiger partial charge is 0.480 e. The predicted molar refractivity (Wildman–Crippen MR) is 145 cm³/mol. The fraction of sp³-hybridized carbons (Fsp3) is 0.185. The minimum Gasteiger partial charge on any atom is -0.480 e. The first-order chi connectivity index (χ1) is 17.5. The Hall–Kier alpha value is -3.47. The van der Waals surface area contributed by atoms with Crippen molar-refractivity contribution in [3.63, 3.8) is 0 Å². The molecule has 3 N–H and O–H groups in total.